The molecule has 0 spiro atoms. The molecular formula is C20H22N4O3S. The Morgan fingerprint density at radius 1 is 1.21 bits per heavy atom. The second-order valence-electron chi connectivity index (χ2n) is 6.87. The molecule has 1 N–H and O–H groups in total. The second kappa shape index (κ2) is 7.55. The molecule has 3 rings (SSSR count). The Kier molecular flexibility index (Phi) is 5.33. The van der Waals surface area contributed by atoms with Gasteiger partial charge in [-0.25, -0.2) is 4.98 Å². The number of likely N-dealkylation sites (N-methyl/N-ethyl adjacent to an activating group) is 1. The van der Waals surface area contributed by atoms with E-state index < -0.39 is 0 Å². The van der Waals surface area contributed by atoms with Gasteiger partial charge in [-0.05, 0) is 37.5 Å². The Balaban J connectivity index is 1.81. The molecular weight excluding hydrogens is 376 g/mol. The number of nitrogens with zero attached hydrogens (tertiary/aromatic N) is 3. The number of benzene rings is 1. The molecule has 0 aliphatic heterocycles. The summed E-state index contributed by atoms with van der Waals surface area (Å²) < 4.78 is 1.39. The fraction of sp³-hybridized carbons (Fsp3) is 0.300. The molecule has 0 saturated carbocycles. The van der Waals surface area contributed by atoms with Gasteiger partial charge in [0, 0.05) is 19.8 Å². The molecule has 1 aromatic carbocycles. The van der Waals surface area contributed by atoms with Gasteiger partial charge in [-0.15, -0.1) is 11.3 Å². The van der Waals surface area contributed by atoms with Crippen molar-refractivity contribution < 1.29 is 9.59 Å². The highest BCUT2D eigenvalue weighted by atomic mass is 32.1. The van der Waals surface area contributed by atoms with Gasteiger partial charge in [0.05, 0.1) is 23.1 Å². The normalized spacial score (nSPS) is 10.9. The predicted molar refractivity (Wildman–Crippen MR) is 111 cm³/mol. The van der Waals surface area contributed by atoms with Gasteiger partial charge in [0.1, 0.15) is 4.83 Å². The minimum Gasteiger partial charge on any atom is -0.332 e. The zero-order chi connectivity index (χ0) is 20.6. The summed E-state index contributed by atoms with van der Waals surface area (Å²) in [6, 6.07) is 5.77. The third-order valence-corrected chi connectivity index (χ3v) is 5.87. The molecule has 146 valence electrons. The van der Waals surface area contributed by atoms with Crippen LogP contribution in [-0.4, -0.2) is 39.9 Å². The molecule has 2 aromatic heterocycles. The Hall–Kier alpha value is -3.00. The number of amides is 2. The smallest absolute Gasteiger partial charge is 0.264 e. The molecule has 0 aliphatic carbocycles. The largest absolute Gasteiger partial charge is 0.332 e. The van der Waals surface area contributed by atoms with E-state index in [9.17, 15) is 14.4 Å². The van der Waals surface area contributed by atoms with Crippen LogP contribution in [0.5, 0.6) is 0 Å². The molecule has 0 aliphatic rings. The average molecular weight is 398 g/mol. The van der Waals surface area contributed by atoms with E-state index in [1.807, 2.05) is 32.0 Å². The Labute approximate surface area is 166 Å². The molecule has 2 heterocycles. The fourth-order valence-corrected chi connectivity index (χ4v) is 4.20. The van der Waals surface area contributed by atoms with Gasteiger partial charge in [0.2, 0.25) is 5.91 Å². The van der Waals surface area contributed by atoms with Crippen LogP contribution in [0.4, 0.5) is 5.69 Å². The van der Waals surface area contributed by atoms with Crippen molar-refractivity contribution in [2.24, 2.45) is 7.05 Å². The van der Waals surface area contributed by atoms with Crippen molar-refractivity contribution in [1.82, 2.24) is 14.5 Å². The average Bonchev–Trinajstić information content (AvgIpc) is 2.98. The van der Waals surface area contributed by atoms with Crippen LogP contribution in [0.15, 0.2) is 29.3 Å². The molecule has 0 radical (unpaired) electrons. The predicted octanol–water partition coefficient (Wildman–Crippen LogP) is 2.63. The van der Waals surface area contributed by atoms with Crippen molar-refractivity contribution in [3.8, 4) is 0 Å². The van der Waals surface area contributed by atoms with Crippen molar-refractivity contribution in [3.05, 3.63) is 56.4 Å². The van der Waals surface area contributed by atoms with E-state index in [0.717, 1.165) is 16.8 Å². The first kappa shape index (κ1) is 19.8. The fourth-order valence-electron chi connectivity index (χ4n) is 3.06. The van der Waals surface area contributed by atoms with Crippen molar-refractivity contribution in [3.63, 3.8) is 0 Å². The molecule has 0 bridgehead atoms. The SMILES string of the molecule is Cc1cccc(C)c1NC(=O)CN(C)C(=O)c1sc2ncn(C)c(=O)c2c1C. The van der Waals surface area contributed by atoms with Gasteiger partial charge in [-0.3, -0.25) is 14.4 Å². The van der Waals surface area contributed by atoms with Crippen molar-refractivity contribution in [2.45, 2.75) is 20.8 Å². The first-order chi connectivity index (χ1) is 13.2. The number of para-hydroxylation sites is 1. The lowest BCUT2D eigenvalue weighted by Gasteiger charge is -2.18. The minimum absolute atomic E-state index is 0.0915. The minimum atomic E-state index is -0.306. The highest BCUT2D eigenvalue weighted by molar-refractivity contribution is 7.20. The third kappa shape index (κ3) is 3.55. The monoisotopic (exact) mass is 398 g/mol. The van der Waals surface area contributed by atoms with E-state index in [-0.39, 0.29) is 23.9 Å². The molecule has 0 fully saturated rings. The van der Waals surface area contributed by atoms with Crippen LogP contribution in [0.2, 0.25) is 0 Å². The van der Waals surface area contributed by atoms with E-state index in [4.69, 9.17) is 0 Å². The number of thiophene rings is 1. The van der Waals surface area contributed by atoms with Crippen LogP contribution < -0.4 is 10.9 Å². The molecule has 2 amide bonds. The number of hydrogen-bond acceptors (Lipinski definition) is 5. The Bertz CT molecular complexity index is 1130. The summed E-state index contributed by atoms with van der Waals surface area (Å²) in [7, 11) is 3.19. The lowest BCUT2D eigenvalue weighted by molar-refractivity contribution is -0.116. The van der Waals surface area contributed by atoms with E-state index in [2.05, 4.69) is 10.3 Å². The van der Waals surface area contributed by atoms with E-state index >= 15 is 0 Å². The molecule has 0 saturated heterocycles. The van der Waals surface area contributed by atoms with Gasteiger partial charge in [-0.1, -0.05) is 18.2 Å². The van der Waals surface area contributed by atoms with Gasteiger partial charge < -0.3 is 14.8 Å². The van der Waals surface area contributed by atoms with E-state index in [1.54, 1.807) is 21.0 Å². The Morgan fingerprint density at radius 3 is 2.50 bits per heavy atom. The zero-order valence-corrected chi connectivity index (χ0v) is 17.3. The summed E-state index contributed by atoms with van der Waals surface area (Å²) in [6.07, 6.45) is 1.44. The quantitative estimate of drug-likeness (QED) is 0.732. The van der Waals surface area contributed by atoms with E-state index in [1.165, 1.54) is 27.1 Å². The molecule has 0 atom stereocenters. The molecule has 8 heteroatoms. The number of fused-ring (bicyclic) bond motifs is 1. The number of nitrogens with one attached hydrogen (secondary N) is 1. The van der Waals surface area contributed by atoms with Gasteiger partial charge in [0.25, 0.3) is 11.5 Å². The number of aromatic nitrogens is 2. The highest BCUT2D eigenvalue weighted by Gasteiger charge is 2.23. The number of carbonyl (C=O) groups excluding carboxylic acids is 2. The van der Waals surface area contributed by atoms with Crippen molar-refractivity contribution in [1.29, 1.82) is 0 Å². The Morgan fingerprint density at radius 2 is 1.86 bits per heavy atom. The van der Waals surface area contributed by atoms with Crippen LogP contribution in [0.3, 0.4) is 0 Å². The first-order valence-electron chi connectivity index (χ1n) is 8.77. The number of hydrogen-bond donors (Lipinski definition) is 1. The summed E-state index contributed by atoms with van der Waals surface area (Å²) in [5, 5.41) is 3.33. The maximum atomic E-state index is 12.9. The maximum Gasteiger partial charge on any atom is 0.264 e. The van der Waals surface area contributed by atoms with Gasteiger partial charge in [-0.2, -0.15) is 0 Å². The maximum absolute atomic E-state index is 12.9. The van der Waals surface area contributed by atoms with Gasteiger partial charge >= 0.3 is 0 Å². The van der Waals surface area contributed by atoms with Crippen LogP contribution in [0, 0.1) is 20.8 Å². The topological polar surface area (TPSA) is 84.3 Å². The summed E-state index contributed by atoms with van der Waals surface area (Å²) in [6.45, 7) is 5.49. The molecule has 28 heavy (non-hydrogen) atoms. The number of aryl methyl sites for hydroxylation is 4. The molecule has 7 nitrogen and oxygen atoms in total. The third-order valence-electron chi connectivity index (χ3n) is 4.68. The van der Waals surface area contributed by atoms with Crippen molar-refractivity contribution >= 4 is 39.1 Å². The van der Waals surface area contributed by atoms with Crippen LogP contribution in [0.25, 0.3) is 10.2 Å². The zero-order valence-electron chi connectivity index (χ0n) is 16.5. The van der Waals surface area contributed by atoms with Crippen LogP contribution >= 0.6 is 11.3 Å². The first-order valence-corrected chi connectivity index (χ1v) is 9.58. The lowest BCUT2D eigenvalue weighted by atomic mass is 10.1. The van der Waals surface area contributed by atoms with E-state index in [0.29, 0.717) is 20.7 Å². The second-order valence-corrected chi connectivity index (χ2v) is 7.87. The summed E-state index contributed by atoms with van der Waals surface area (Å²) in [5.41, 5.74) is 3.10. The molecule has 3 aromatic rings. The van der Waals surface area contributed by atoms with Crippen molar-refractivity contribution in [2.75, 3.05) is 18.9 Å². The summed E-state index contributed by atoms with van der Waals surface area (Å²) >= 11 is 1.17. The summed E-state index contributed by atoms with van der Waals surface area (Å²) in [4.78, 5) is 44.2. The number of rotatable bonds is 4. The van der Waals surface area contributed by atoms with Crippen LogP contribution in [0.1, 0.15) is 26.4 Å². The van der Waals surface area contributed by atoms with Crippen LogP contribution in [-0.2, 0) is 11.8 Å². The number of carbonyl (C=O) groups is 2. The number of anilines is 1. The summed E-state index contributed by atoms with van der Waals surface area (Å²) in [5.74, 6) is -0.583. The highest BCUT2D eigenvalue weighted by Crippen LogP contribution is 2.27. The molecule has 0 unspecified atom stereocenters. The standard InChI is InChI=1S/C20H22N4O3S/c1-11-7-6-8-12(2)16(11)22-14(25)9-23(4)20(27)17-13(3)15-18(28-17)21-10-24(5)19(15)26/h6-8,10H,9H2,1-5H3,(H,22,25). The van der Waals surface area contributed by atoms with Gasteiger partial charge in [0.15, 0.2) is 0 Å². The lowest BCUT2D eigenvalue weighted by Crippen LogP contribution is -2.35.